The van der Waals surface area contributed by atoms with Crippen LogP contribution in [0.3, 0.4) is 0 Å². The van der Waals surface area contributed by atoms with Gasteiger partial charge in [-0.25, -0.2) is 0 Å². The number of hydrogen-bond acceptors (Lipinski definition) is 6. The summed E-state index contributed by atoms with van der Waals surface area (Å²) in [4.78, 5) is 25.0. The van der Waals surface area contributed by atoms with Gasteiger partial charge in [0.1, 0.15) is 13.2 Å². The van der Waals surface area contributed by atoms with Crippen LogP contribution in [0.15, 0.2) is 134 Å². The van der Waals surface area contributed by atoms with Crippen molar-refractivity contribution in [3.63, 3.8) is 0 Å². The van der Waals surface area contributed by atoms with Gasteiger partial charge in [0, 0.05) is 6.42 Å². The number of phosphoric acid groups is 1. The third kappa shape index (κ3) is 46.6. The average Bonchev–Trinajstić information content (AvgIpc) is 3.25. The fraction of sp³-hybridized carbons (Fsp3) is 0.582. The Bertz CT molecular complexity index is 1490. The molecule has 0 radical (unpaired) electrons. The maximum atomic E-state index is 12.7. The molecule has 64 heavy (non-hydrogen) atoms. The minimum absolute atomic E-state index is 0.0115. The summed E-state index contributed by atoms with van der Waals surface area (Å²) >= 11 is 0. The molecule has 0 spiro atoms. The number of likely N-dealkylation sites (N-methyl/N-ethyl adjacent to an activating group) is 1. The number of hydrogen-bond donors (Lipinski definition) is 2. The molecule has 0 aliphatic rings. The molecular weight excluding hydrogens is 816 g/mol. The topological polar surface area (TPSA) is 108 Å². The molecule has 9 heteroatoms. The number of nitrogens with one attached hydrogen (secondary N) is 1. The number of carbonyl (C=O) groups excluding carboxylic acids is 1. The van der Waals surface area contributed by atoms with Gasteiger partial charge in [-0.3, -0.25) is 9.36 Å². The highest BCUT2D eigenvalue weighted by Gasteiger charge is 2.23. The quantitative estimate of drug-likeness (QED) is 0.0273. The Labute approximate surface area is 392 Å². The first kappa shape index (κ1) is 60.6. The summed E-state index contributed by atoms with van der Waals surface area (Å²) < 4.78 is 22.9. The normalized spacial score (nSPS) is 15.3. The summed E-state index contributed by atoms with van der Waals surface area (Å²) in [6, 6.07) is -0.895. The maximum Gasteiger partial charge on any atom is 0.268 e. The molecular formula is C55H91N2O6P. The van der Waals surface area contributed by atoms with Crippen LogP contribution in [-0.2, 0) is 18.4 Å². The molecule has 2 N–H and O–H groups in total. The second kappa shape index (κ2) is 44.8. The molecule has 0 fully saturated rings. The third-order valence-electron chi connectivity index (χ3n) is 9.85. The number of phosphoric ester groups is 1. The molecule has 362 valence electrons. The molecule has 1 amide bonds. The van der Waals surface area contributed by atoms with Crippen molar-refractivity contribution < 1.29 is 32.9 Å². The Morgan fingerprint density at radius 1 is 0.562 bits per heavy atom. The summed E-state index contributed by atoms with van der Waals surface area (Å²) in [5.74, 6) is -0.226. The van der Waals surface area contributed by atoms with E-state index in [0.29, 0.717) is 17.4 Å². The van der Waals surface area contributed by atoms with Crippen LogP contribution in [0.2, 0.25) is 0 Å². The lowest BCUT2D eigenvalue weighted by atomic mass is 10.1. The van der Waals surface area contributed by atoms with E-state index in [2.05, 4.69) is 134 Å². The number of allylic oxidation sites excluding steroid dienone is 21. The molecule has 0 aliphatic heterocycles. The van der Waals surface area contributed by atoms with Gasteiger partial charge in [-0.1, -0.05) is 192 Å². The van der Waals surface area contributed by atoms with E-state index >= 15 is 0 Å². The molecule has 0 aromatic heterocycles. The third-order valence-corrected chi connectivity index (χ3v) is 10.8. The van der Waals surface area contributed by atoms with E-state index in [-0.39, 0.29) is 12.5 Å². The van der Waals surface area contributed by atoms with E-state index in [1.54, 1.807) is 6.08 Å². The molecule has 0 saturated carbocycles. The molecule has 0 aromatic carbocycles. The predicted molar refractivity (Wildman–Crippen MR) is 274 cm³/mol. The van der Waals surface area contributed by atoms with Crippen LogP contribution in [-0.4, -0.2) is 68.5 Å². The molecule has 0 bridgehead atoms. The first-order chi connectivity index (χ1) is 31.0. The van der Waals surface area contributed by atoms with Crippen LogP contribution in [0.25, 0.3) is 0 Å². The van der Waals surface area contributed by atoms with Crippen molar-refractivity contribution in [1.82, 2.24) is 5.32 Å². The van der Waals surface area contributed by atoms with E-state index in [1.807, 2.05) is 34.1 Å². The van der Waals surface area contributed by atoms with E-state index in [1.165, 1.54) is 25.7 Å². The Kier molecular flexibility index (Phi) is 42.5. The average molecular weight is 907 g/mol. The minimum atomic E-state index is -4.58. The van der Waals surface area contributed by atoms with Gasteiger partial charge >= 0.3 is 0 Å². The maximum absolute atomic E-state index is 12.7. The Hall–Kier alpha value is -3.36. The van der Waals surface area contributed by atoms with Crippen molar-refractivity contribution in [1.29, 1.82) is 0 Å². The molecule has 3 unspecified atom stereocenters. The Balaban J connectivity index is 3.91. The van der Waals surface area contributed by atoms with Crippen LogP contribution in [0, 0.1) is 0 Å². The monoisotopic (exact) mass is 907 g/mol. The lowest BCUT2D eigenvalue weighted by molar-refractivity contribution is -0.870. The lowest BCUT2D eigenvalue weighted by Gasteiger charge is -2.29. The van der Waals surface area contributed by atoms with Crippen LogP contribution >= 0.6 is 7.82 Å². The van der Waals surface area contributed by atoms with Crippen molar-refractivity contribution in [2.45, 2.75) is 167 Å². The molecule has 8 nitrogen and oxygen atoms in total. The molecule has 0 aliphatic carbocycles. The largest absolute Gasteiger partial charge is 0.756 e. The highest BCUT2D eigenvalue weighted by Crippen LogP contribution is 2.38. The number of carbonyl (C=O) groups is 1. The van der Waals surface area contributed by atoms with E-state index in [9.17, 15) is 19.4 Å². The first-order valence-electron chi connectivity index (χ1n) is 24.5. The van der Waals surface area contributed by atoms with E-state index in [4.69, 9.17) is 9.05 Å². The van der Waals surface area contributed by atoms with Gasteiger partial charge in [-0.05, 0) is 89.9 Å². The van der Waals surface area contributed by atoms with Crippen molar-refractivity contribution in [2.24, 2.45) is 0 Å². The summed E-state index contributed by atoms with van der Waals surface area (Å²) in [7, 11) is 1.22. The number of nitrogens with zero attached hydrogens (tertiary/aromatic N) is 1. The fourth-order valence-corrected chi connectivity index (χ4v) is 6.73. The van der Waals surface area contributed by atoms with Gasteiger partial charge in [0.25, 0.3) is 7.82 Å². The Morgan fingerprint density at radius 3 is 1.36 bits per heavy atom. The lowest BCUT2D eigenvalue weighted by Crippen LogP contribution is -2.45. The molecule has 0 saturated heterocycles. The zero-order chi connectivity index (χ0) is 47.1. The number of aliphatic hydroxyl groups is 1. The van der Waals surface area contributed by atoms with E-state index in [0.717, 1.165) is 109 Å². The van der Waals surface area contributed by atoms with Crippen molar-refractivity contribution in [2.75, 3.05) is 40.9 Å². The number of amides is 1. The smallest absolute Gasteiger partial charge is 0.268 e. The summed E-state index contributed by atoms with van der Waals surface area (Å²) in [5.41, 5.74) is 0. The standard InChI is InChI=1S/C55H91N2O6P/c1-6-8-10-11-12-13-14-15-16-17-18-19-20-21-22-23-24-25-26-27-28-29-30-31-32-33-34-35-36-37-38-39-40-41-42-43-44-45-47-49-55(59)56-53(54(58)48-46-9-7-2)52-63-64(60,61)62-51-50-57(3,4)5/h8,10,12-13,15-16,18-19,21-22,24-25,27-28,30-31,33-34,36-37,46,48,53-54,58H,6-7,9,11,14,17,20,23,26,29,32,35,38-45,47,49-52H2,1-5H3,(H-,56,59,60,61)/b10-8-,13-12-,16-15-,19-18-,22-21-,25-24-,28-27-,31-30-,34-33-,37-36-,48-46+. The van der Waals surface area contributed by atoms with Crippen LogP contribution in [0.4, 0.5) is 0 Å². The highest BCUT2D eigenvalue weighted by molar-refractivity contribution is 7.45. The van der Waals surface area contributed by atoms with Crippen molar-refractivity contribution in [3.8, 4) is 0 Å². The number of aliphatic hydroxyl groups excluding tert-OH is 1. The van der Waals surface area contributed by atoms with Crippen LogP contribution in [0.1, 0.15) is 155 Å². The highest BCUT2D eigenvalue weighted by atomic mass is 31.2. The molecule has 0 heterocycles. The van der Waals surface area contributed by atoms with E-state index < -0.39 is 26.6 Å². The second-order valence-electron chi connectivity index (χ2n) is 17.1. The molecule has 0 aromatic rings. The zero-order valence-corrected chi connectivity index (χ0v) is 41.8. The van der Waals surface area contributed by atoms with Gasteiger partial charge in [0.15, 0.2) is 0 Å². The van der Waals surface area contributed by atoms with Crippen LogP contribution < -0.4 is 10.2 Å². The number of rotatable bonds is 42. The second-order valence-corrected chi connectivity index (χ2v) is 18.5. The predicted octanol–water partition coefficient (Wildman–Crippen LogP) is 13.8. The number of quaternary nitrogens is 1. The Morgan fingerprint density at radius 2 is 0.953 bits per heavy atom. The van der Waals surface area contributed by atoms with Gasteiger partial charge in [0.2, 0.25) is 5.91 Å². The summed E-state index contributed by atoms with van der Waals surface area (Å²) in [6.45, 7) is 4.26. The SMILES string of the molecule is CC/C=C\C/C=C\C/C=C\C/C=C\C/C=C\C/C=C\C/C=C\C/C=C\C/C=C\C/C=C\CCCCCCCCCCC(=O)NC(COP(=O)([O-])OCC[N+](C)(C)C)C(O)/C=C/CCC. The minimum Gasteiger partial charge on any atom is -0.756 e. The first-order valence-corrected chi connectivity index (χ1v) is 26.0. The van der Waals surface area contributed by atoms with Crippen LogP contribution in [0.5, 0.6) is 0 Å². The van der Waals surface area contributed by atoms with Gasteiger partial charge in [0.05, 0.1) is 39.9 Å². The van der Waals surface area contributed by atoms with Crippen molar-refractivity contribution >= 4 is 13.7 Å². The summed E-state index contributed by atoms with van der Waals surface area (Å²) in [6.07, 6.45) is 69.0. The number of unbranched alkanes of at least 4 members (excludes halogenated alkanes) is 9. The van der Waals surface area contributed by atoms with Gasteiger partial charge in [-0.15, -0.1) is 0 Å². The van der Waals surface area contributed by atoms with Gasteiger partial charge in [-0.2, -0.15) is 0 Å². The molecule has 0 rings (SSSR count). The van der Waals surface area contributed by atoms with Gasteiger partial charge < -0.3 is 28.8 Å². The zero-order valence-electron chi connectivity index (χ0n) is 40.9. The fourth-order valence-electron chi connectivity index (χ4n) is 6.01. The van der Waals surface area contributed by atoms with Crippen molar-refractivity contribution in [3.05, 3.63) is 134 Å². The molecule has 3 atom stereocenters. The summed E-state index contributed by atoms with van der Waals surface area (Å²) in [5, 5.41) is 13.4.